The second kappa shape index (κ2) is 7.10. The molecule has 0 saturated heterocycles. The van der Waals surface area contributed by atoms with E-state index in [1.165, 1.54) is 44.1 Å². The van der Waals surface area contributed by atoms with Gasteiger partial charge in [0.2, 0.25) is 0 Å². The third-order valence-corrected chi connectivity index (χ3v) is 4.71. The predicted octanol–water partition coefficient (Wildman–Crippen LogP) is 4.18. The smallest absolute Gasteiger partial charge is 0.0986 e. The lowest BCUT2D eigenvalue weighted by Gasteiger charge is -2.31. The maximum Gasteiger partial charge on any atom is 0.0986 e. The van der Waals surface area contributed by atoms with Crippen LogP contribution >= 0.6 is 0 Å². The molecule has 0 aromatic rings. The molecular formula is C17H28N2. The standard InChI is InChI=1S/C17H28N2/c1-13-9-14(2)11-15(10-13)17(12-18)19-16-7-5-3-4-6-8-16/h9,13,15-17,19H,3-8,10-11H2,1-2H3. The van der Waals surface area contributed by atoms with Crippen molar-refractivity contribution in [1.29, 1.82) is 5.26 Å². The molecule has 3 unspecified atom stereocenters. The fraction of sp³-hybridized carbons (Fsp3) is 0.824. The molecule has 2 nitrogen and oxygen atoms in total. The lowest BCUT2D eigenvalue weighted by atomic mass is 9.79. The normalized spacial score (nSPS) is 31.1. The van der Waals surface area contributed by atoms with Gasteiger partial charge >= 0.3 is 0 Å². The van der Waals surface area contributed by atoms with E-state index in [1.54, 1.807) is 0 Å². The zero-order chi connectivity index (χ0) is 13.7. The minimum atomic E-state index is 0.0502. The number of hydrogen-bond donors (Lipinski definition) is 1. The molecule has 0 radical (unpaired) electrons. The van der Waals surface area contributed by atoms with E-state index in [0.717, 1.165) is 12.8 Å². The number of hydrogen-bond acceptors (Lipinski definition) is 2. The molecule has 2 heteroatoms. The van der Waals surface area contributed by atoms with Gasteiger partial charge < -0.3 is 0 Å². The lowest BCUT2D eigenvalue weighted by Crippen LogP contribution is -2.43. The van der Waals surface area contributed by atoms with E-state index in [0.29, 0.717) is 17.9 Å². The Hall–Kier alpha value is -0.810. The Morgan fingerprint density at radius 2 is 1.95 bits per heavy atom. The average molecular weight is 260 g/mol. The fourth-order valence-electron chi connectivity index (χ4n) is 3.83. The van der Waals surface area contributed by atoms with Crippen LogP contribution in [0.3, 0.4) is 0 Å². The molecule has 19 heavy (non-hydrogen) atoms. The first-order valence-corrected chi connectivity index (χ1v) is 8.02. The van der Waals surface area contributed by atoms with Crippen LogP contribution in [0.25, 0.3) is 0 Å². The van der Waals surface area contributed by atoms with Gasteiger partial charge in [0.15, 0.2) is 0 Å². The van der Waals surface area contributed by atoms with Crippen molar-refractivity contribution < 1.29 is 0 Å². The van der Waals surface area contributed by atoms with Gasteiger partial charge in [0, 0.05) is 6.04 Å². The van der Waals surface area contributed by atoms with Gasteiger partial charge in [-0.25, -0.2) is 0 Å². The summed E-state index contributed by atoms with van der Waals surface area (Å²) in [5.41, 5.74) is 1.46. The largest absolute Gasteiger partial charge is 0.299 e. The zero-order valence-electron chi connectivity index (χ0n) is 12.5. The molecule has 2 aliphatic rings. The highest BCUT2D eigenvalue weighted by Crippen LogP contribution is 2.30. The van der Waals surface area contributed by atoms with Crippen LogP contribution in [0.2, 0.25) is 0 Å². The molecule has 106 valence electrons. The molecule has 0 bridgehead atoms. The Labute approximate surface area is 118 Å². The van der Waals surface area contributed by atoms with Gasteiger partial charge in [-0.05, 0) is 44.4 Å². The second-order valence-electron chi connectivity index (χ2n) is 6.65. The topological polar surface area (TPSA) is 35.8 Å². The third-order valence-electron chi connectivity index (χ3n) is 4.71. The Morgan fingerprint density at radius 1 is 1.26 bits per heavy atom. The van der Waals surface area contributed by atoms with Crippen molar-refractivity contribution in [1.82, 2.24) is 5.32 Å². The van der Waals surface area contributed by atoms with Crippen molar-refractivity contribution in [3.63, 3.8) is 0 Å². The molecule has 0 aromatic carbocycles. The Balaban J connectivity index is 1.92. The number of nitrogens with one attached hydrogen (secondary N) is 1. The summed E-state index contributed by atoms with van der Waals surface area (Å²) in [5.74, 6) is 1.14. The maximum absolute atomic E-state index is 9.52. The summed E-state index contributed by atoms with van der Waals surface area (Å²) in [6.07, 6.45) is 12.6. The summed E-state index contributed by atoms with van der Waals surface area (Å²) in [4.78, 5) is 0. The van der Waals surface area contributed by atoms with E-state index in [9.17, 15) is 5.26 Å². The van der Waals surface area contributed by atoms with E-state index in [4.69, 9.17) is 0 Å². The molecular weight excluding hydrogens is 232 g/mol. The van der Waals surface area contributed by atoms with E-state index in [2.05, 4.69) is 31.3 Å². The lowest BCUT2D eigenvalue weighted by molar-refractivity contribution is 0.304. The maximum atomic E-state index is 9.52. The average Bonchev–Trinajstić information content (AvgIpc) is 2.63. The molecule has 2 rings (SSSR count). The molecule has 0 spiro atoms. The summed E-state index contributed by atoms with van der Waals surface area (Å²) >= 11 is 0. The van der Waals surface area contributed by atoms with Crippen molar-refractivity contribution >= 4 is 0 Å². The highest BCUT2D eigenvalue weighted by Gasteiger charge is 2.28. The number of allylic oxidation sites excluding steroid dienone is 2. The number of nitriles is 1. The highest BCUT2D eigenvalue weighted by atomic mass is 15.0. The summed E-state index contributed by atoms with van der Waals surface area (Å²) in [5, 5.41) is 13.2. The molecule has 1 fully saturated rings. The van der Waals surface area contributed by atoms with Gasteiger partial charge in [0.1, 0.15) is 0 Å². The summed E-state index contributed by atoms with van der Waals surface area (Å²) in [6, 6.07) is 3.17. The van der Waals surface area contributed by atoms with Crippen molar-refractivity contribution in [2.45, 2.75) is 77.3 Å². The van der Waals surface area contributed by atoms with Crippen LogP contribution in [-0.4, -0.2) is 12.1 Å². The van der Waals surface area contributed by atoms with E-state index < -0.39 is 0 Å². The van der Waals surface area contributed by atoms with Crippen LogP contribution in [0.1, 0.15) is 65.2 Å². The van der Waals surface area contributed by atoms with Gasteiger partial charge in [-0.3, -0.25) is 5.32 Å². The molecule has 0 aromatic heterocycles. The van der Waals surface area contributed by atoms with Crippen molar-refractivity contribution in [3.8, 4) is 6.07 Å². The predicted molar refractivity (Wildman–Crippen MR) is 79.7 cm³/mol. The monoisotopic (exact) mass is 260 g/mol. The van der Waals surface area contributed by atoms with Gasteiger partial charge in [-0.15, -0.1) is 0 Å². The molecule has 0 heterocycles. The number of nitrogens with zero attached hydrogens (tertiary/aromatic N) is 1. The molecule has 1 saturated carbocycles. The van der Waals surface area contributed by atoms with Gasteiger partial charge in [0.25, 0.3) is 0 Å². The van der Waals surface area contributed by atoms with Crippen LogP contribution < -0.4 is 5.32 Å². The van der Waals surface area contributed by atoms with Crippen molar-refractivity contribution in [2.24, 2.45) is 11.8 Å². The van der Waals surface area contributed by atoms with Crippen molar-refractivity contribution in [2.75, 3.05) is 0 Å². The molecule has 0 amide bonds. The first-order chi connectivity index (χ1) is 9.19. The van der Waals surface area contributed by atoms with Crippen LogP contribution in [0, 0.1) is 23.2 Å². The van der Waals surface area contributed by atoms with Gasteiger partial charge in [0.05, 0.1) is 12.1 Å². The number of rotatable bonds is 3. The van der Waals surface area contributed by atoms with Crippen molar-refractivity contribution in [3.05, 3.63) is 11.6 Å². The van der Waals surface area contributed by atoms with Crippen LogP contribution in [0.4, 0.5) is 0 Å². The quantitative estimate of drug-likeness (QED) is 0.610. The highest BCUT2D eigenvalue weighted by molar-refractivity contribution is 5.11. The SMILES string of the molecule is CC1=CC(C)CC(C(C#N)NC2CCCCCC2)C1. The van der Waals surface area contributed by atoms with Crippen LogP contribution in [-0.2, 0) is 0 Å². The van der Waals surface area contributed by atoms with E-state index in [-0.39, 0.29) is 6.04 Å². The molecule has 3 atom stereocenters. The summed E-state index contributed by atoms with van der Waals surface area (Å²) < 4.78 is 0. The van der Waals surface area contributed by atoms with Gasteiger partial charge in [-0.1, -0.05) is 44.3 Å². The first-order valence-electron chi connectivity index (χ1n) is 8.02. The molecule has 0 aliphatic heterocycles. The summed E-state index contributed by atoms with van der Waals surface area (Å²) in [6.45, 7) is 4.48. The first kappa shape index (κ1) is 14.6. The Morgan fingerprint density at radius 3 is 2.53 bits per heavy atom. The Bertz CT molecular complexity index is 345. The summed E-state index contributed by atoms with van der Waals surface area (Å²) in [7, 11) is 0. The van der Waals surface area contributed by atoms with Gasteiger partial charge in [-0.2, -0.15) is 5.26 Å². The van der Waals surface area contributed by atoms with E-state index in [1.807, 2.05) is 0 Å². The third kappa shape index (κ3) is 4.35. The minimum Gasteiger partial charge on any atom is -0.299 e. The Kier molecular flexibility index (Phi) is 5.45. The molecule has 1 N–H and O–H groups in total. The minimum absolute atomic E-state index is 0.0502. The zero-order valence-corrected chi connectivity index (χ0v) is 12.5. The van der Waals surface area contributed by atoms with E-state index >= 15 is 0 Å². The molecule has 2 aliphatic carbocycles. The second-order valence-corrected chi connectivity index (χ2v) is 6.65. The van der Waals surface area contributed by atoms with Crippen LogP contribution in [0.15, 0.2) is 11.6 Å². The fourth-order valence-corrected chi connectivity index (χ4v) is 3.83. The van der Waals surface area contributed by atoms with Crippen LogP contribution in [0.5, 0.6) is 0 Å².